The summed E-state index contributed by atoms with van der Waals surface area (Å²) in [7, 11) is 0. The van der Waals surface area contributed by atoms with Gasteiger partial charge in [0.15, 0.2) is 5.78 Å². The van der Waals surface area contributed by atoms with Gasteiger partial charge >= 0.3 is 0 Å². The number of para-hydroxylation sites is 1. The monoisotopic (exact) mass is 273 g/mol. The number of nitrogens with two attached hydrogens (primary N) is 2. The molecule has 0 atom stereocenters. The number of quaternary nitrogens is 1. The van der Waals surface area contributed by atoms with Crippen molar-refractivity contribution in [3.8, 4) is 0 Å². The summed E-state index contributed by atoms with van der Waals surface area (Å²) in [6.45, 7) is 0. The molecule has 0 unspecified atom stereocenters. The van der Waals surface area contributed by atoms with Crippen LogP contribution < -0.4 is 22.5 Å². The summed E-state index contributed by atoms with van der Waals surface area (Å²) in [5, 5.41) is 10.9. The molecule has 0 radical (unpaired) electrons. The highest BCUT2D eigenvalue weighted by Crippen LogP contribution is 2.18. The maximum atomic E-state index is 12.2. The van der Waals surface area contributed by atoms with Crippen LogP contribution in [0.4, 0.5) is 5.69 Å². The van der Waals surface area contributed by atoms with Crippen LogP contribution in [0.25, 0.3) is 0 Å². The Kier molecular flexibility index (Phi) is 5.40. The molecule has 7 N–H and O–H groups in total. The number of benzene rings is 2. The summed E-state index contributed by atoms with van der Waals surface area (Å²) in [6.07, 6.45) is 0. The third-order valence-corrected chi connectivity index (χ3v) is 2.60. The molecule has 2 aromatic rings. The predicted octanol–water partition coefficient (Wildman–Crippen LogP) is -1.03. The highest BCUT2D eigenvalue weighted by molar-refractivity contribution is 6.16. The number of nitrogen functional groups attached to an aromatic ring is 1. The second-order valence-electron chi connectivity index (χ2n) is 3.75. The van der Waals surface area contributed by atoms with E-state index in [1.165, 1.54) is 18.2 Å². The van der Waals surface area contributed by atoms with Crippen molar-refractivity contribution >= 4 is 17.4 Å². The lowest BCUT2D eigenvalue weighted by molar-refractivity contribution is -0.379. The Morgan fingerprint density at radius 1 is 0.850 bits per heavy atom. The maximum absolute atomic E-state index is 12.2. The lowest BCUT2D eigenvalue weighted by Crippen LogP contribution is -2.59. The first kappa shape index (κ1) is 15.4. The maximum Gasteiger partial charge on any atom is 0.195 e. The lowest BCUT2D eigenvalue weighted by atomic mass is 9.97. The van der Waals surface area contributed by atoms with Gasteiger partial charge in [-0.15, -0.1) is 0 Å². The quantitative estimate of drug-likeness (QED) is 0.284. The van der Waals surface area contributed by atoms with Gasteiger partial charge in [0.25, 0.3) is 0 Å². The summed E-state index contributed by atoms with van der Waals surface area (Å²) in [4.78, 5) is 23.2. The molecule has 2 aromatic carbocycles. The molecule has 0 aliphatic heterocycles. The standard InChI is InChI=1S/C14H11NO3.H4N2/c15-12-8-4-3-7-11(12)13(16)9-5-1-2-6-10(9)14(17)18;1-2/h1-8H,15H2,(H,17,18);1-2H2. The predicted molar refractivity (Wildman–Crippen MR) is 72.1 cm³/mol. The molecule has 0 fully saturated rings. The fraction of sp³-hybridized carbons (Fsp3) is 0. The van der Waals surface area contributed by atoms with Crippen LogP contribution in [0.1, 0.15) is 26.3 Å². The van der Waals surface area contributed by atoms with Crippen molar-refractivity contribution in [2.75, 3.05) is 5.73 Å². The first-order valence-corrected chi connectivity index (χ1v) is 5.71. The zero-order valence-corrected chi connectivity index (χ0v) is 10.7. The summed E-state index contributed by atoms with van der Waals surface area (Å²) >= 11 is 0. The molecule has 20 heavy (non-hydrogen) atoms. The number of hydrogen-bond donors (Lipinski definition) is 3. The molecule has 0 aliphatic rings. The highest BCUT2D eigenvalue weighted by atomic mass is 16.4. The smallest absolute Gasteiger partial charge is 0.195 e. The van der Waals surface area contributed by atoms with Crippen LogP contribution in [0.5, 0.6) is 0 Å². The molecular formula is C14H15N3O3. The van der Waals surface area contributed by atoms with Gasteiger partial charge in [-0.1, -0.05) is 36.4 Å². The van der Waals surface area contributed by atoms with E-state index in [-0.39, 0.29) is 16.7 Å². The van der Waals surface area contributed by atoms with E-state index in [4.69, 9.17) is 5.73 Å². The van der Waals surface area contributed by atoms with Crippen LogP contribution in [-0.4, -0.2) is 11.8 Å². The molecule has 6 heteroatoms. The van der Waals surface area contributed by atoms with Crippen molar-refractivity contribution in [1.82, 2.24) is 0 Å². The average Bonchev–Trinajstić information content (AvgIpc) is 2.49. The van der Waals surface area contributed by atoms with Gasteiger partial charge in [-0.2, -0.15) is 5.84 Å². The van der Waals surface area contributed by atoms with Gasteiger partial charge < -0.3 is 15.6 Å². The largest absolute Gasteiger partial charge is 0.545 e. The van der Waals surface area contributed by atoms with E-state index < -0.39 is 11.8 Å². The Morgan fingerprint density at radius 2 is 1.30 bits per heavy atom. The molecule has 0 spiro atoms. The number of anilines is 1. The molecule has 2 rings (SSSR count). The normalized spacial score (nSPS) is 9.30. The Morgan fingerprint density at radius 3 is 1.80 bits per heavy atom. The van der Waals surface area contributed by atoms with Crippen molar-refractivity contribution < 1.29 is 20.5 Å². The van der Waals surface area contributed by atoms with Gasteiger partial charge in [0, 0.05) is 22.4 Å². The highest BCUT2D eigenvalue weighted by Gasteiger charge is 2.15. The van der Waals surface area contributed by atoms with Crippen LogP contribution in [0.3, 0.4) is 0 Å². The van der Waals surface area contributed by atoms with Gasteiger partial charge in [0.1, 0.15) is 0 Å². The van der Waals surface area contributed by atoms with Gasteiger partial charge in [-0.3, -0.25) is 10.6 Å². The van der Waals surface area contributed by atoms with Crippen molar-refractivity contribution in [2.45, 2.75) is 0 Å². The van der Waals surface area contributed by atoms with E-state index in [0.29, 0.717) is 5.69 Å². The molecule has 6 nitrogen and oxygen atoms in total. The molecule has 0 heterocycles. The fourth-order valence-corrected chi connectivity index (χ4v) is 1.71. The number of carbonyl (C=O) groups excluding carboxylic acids is 2. The third kappa shape index (κ3) is 3.19. The zero-order chi connectivity index (χ0) is 15.1. The molecule has 0 bridgehead atoms. The van der Waals surface area contributed by atoms with Crippen LogP contribution >= 0.6 is 0 Å². The van der Waals surface area contributed by atoms with Gasteiger partial charge in [-0.25, -0.2) is 0 Å². The fourth-order valence-electron chi connectivity index (χ4n) is 1.71. The number of carboxylic acid groups (broad SMARTS) is 1. The van der Waals surface area contributed by atoms with Crippen LogP contribution in [0, 0.1) is 0 Å². The number of carbonyl (C=O) groups is 2. The van der Waals surface area contributed by atoms with Gasteiger partial charge in [0.2, 0.25) is 0 Å². The van der Waals surface area contributed by atoms with Crippen LogP contribution in [0.15, 0.2) is 48.5 Å². The summed E-state index contributed by atoms with van der Waals surface area (Å²) in [5.41, 5.74) is 6.25. The van der Waals surface area contributed by atoms with E-state index >= 15 is 0 Å². The molecule has 0 aromatic heterocycles. The molecule has 0 amide bonds. The van der Waals surface area contributed by atoms with E-state index in [1.54, 1.807) is 30.3 Å². The molecule has 0 saturated carbocycles. The number of ketones is 1. The van der Waals surface area contributed by atoms with E-state index in [9.17, 15) is 14.7 Å². The average molecular weight is 273 g/mol. The summed E-state index contributed by atoms with van der Waals surface area (Å²) in [6, 6.07) is 12.4. The van der Waals surface area contributed by atoms with Gasteiger partial charge in [0.05, 0.1) is 5.97 Å². The van der Waals surface area contributed by atoms with E-state index in [0.717, 1.165) is 0 Å². The Bertz CT molecular complexity index is 627. The molecule has 0 saturated heterocycles. The minimum Gasteiger partial charge on any atom is -0.545 e. The number of hydrogen-bond acceptors (Lipinski definition) is 5. The topological polar surface area (TPSA) is 137 Å². The minimum atomic E-state index is -1.38. The number of rotatable bonds is 3. The molecule has 0 aliphatic carbocycles. The Labute approximate surface area is 115 Å². The second-order valence-corrected chi connectivity index (χ2v) is 3.75. The molecule has 104 valence electrons. The zero-order valence-electron chi connectivity index (χ0n) is 10.7. The lowest BCUT2D eigenvalue weighted by Gasteiger charge is -2.10. The number of aromatic carboxylic acids is 1. The second kappa shape index (κ2) is 7.03. The third-order valence-electron chi connectivity index (χ3n) is 2.60. The van der Waals surface area contributed by atoms with E-state index in [1.807, 2.05) is 0 Å². The SMILES string of the molecule is N[NH3+].Nc1ccccc1C(=O)c1ccccc1C(=O)[O-]. The summed E-state index contributed by atoms with van der Waals surface area (Å²) in [5.74, 6) is 5.20. The van der Waals surface area contributed by atoms with Crippen molar-refractivity contribution in [3.05, 3.63) is 65.2 Å². The first-order valence-electron chi connectivity index (χ1n) is 5.71. The van der Waals surface area contributed by atoms with E-state index in [2.05, 4.69) is 11.7 Å². The van der Waals surface area contributed by atoms with Crippen LogP contribution in [0.2, 0.25) is 0 Å². The van der Waals surface area contributed by atoms with Crippen molar-refractivity contribution in [2.24, 2.45) is 5.84 Å². The summed E-state index contributed by atoms with van der Waals surface area (Å²) < 4.78 is 0. The van der Waals surface area contributed by atoms with Crippen molar-refractivity contribution in [3.63, 3.8) is 0 Å². The van der Waals surface area contributed by atoms with Crippen LogP contribution in [-0.2, 0) is 0 Å². The van der Waals surface area contributed by atoms with Gasteiger partial charge in [-0.05, 0) is 12.1 Å². The molecular weight excluding hydrogens is 258 g/mol. The number of carboxylic acids is 1. The first-order chi connectivity index (χ1) is 9.61. The minimum absolute atomic E-state index is 0.0791. The Hall–Kier alpha value is -2.70. The van der Waals surface area contributed by atoms with Crippen molar-refractivity contribution in [1.29, 1.82) is 0 Å². The Balaban J connectivity index is 0.000000956.